The van der Waals surface area contributed by atoms with E-state index in [9.17, 15) is 4.79 Å². The number of halogens is 2. The molecule has 2 aromatic rings. The first kappa shape index (κ1) is 12.2. The number of carbonyl (C=O) groups excluding carboxylic acids is 1. The standard InChI is InChI=1S/C14H8Cl2N2O/c15-10-6-5-8(7-11(10)16)17-13-9-3-1-2-4-12(9)18-14(13)19/h1-7H,(H,17,18,19). The highest BCUT2D eigenvalue weighted by Crippen LogP contribution is 2.29. The van der Waals surface area contributed by atoms with Crippen LogP contribution in [0.1, 0.15) is 5.56 Å². The van der Waals surface area contributed by atoms with Gasteiger partial charge in [0.25, 0.3) is 5.91 Å². The van der Waals surface area contributed by atoms with Crippen LogP contribution in [-0.4, -0.2) is 11.6 Å². The van der Waals surface area contributed by atoms with Crippen molar-refractivity contribution in [1.29, 1.82) is 0 Å². The second kappa shape index (κ2) is 4.68. The van der Waals surface area contributed by atoms with Gasteiger partial charge >= 0.3 is 0 Å². The van der Waals surface area contributed by atoms with E-state index in [4.69, 9.17) is 23.2 Å². The molecule has 5 heteroatoms. The summed E-state index contributed by atoms with van der Waals surface area (Å²) in [5.41, 5.74) is 2.54. The molecule has 0 fully saturated rings. The highest BCUT2D eigenvalue weighted by molar-refractivity contribution is 6.54. The van der Waals surface area contributed by atoms with Gasteiger partial charge in [0.05, 0.1) is 21.4 Å². The van der Waals surface area contributed by atoms with Crippen LogP contribution in [0, 0.1) is 0 Å². The molecule has 0 aromatic heterocycles. The molecule has 94 valence electrons. The Hall–Kier alpha value is -1.84. The lowest BCUT2D eigenvalue weighted by Gasteiger charge is -1.99. The van der Waals surface area contributed by atoms with Crippen LogP contribution >= 0.6 is 23.2 Å². The van der Waals surface area contributed by atoms with E-state index >= 15 is 0 Å². The summed E-state index contributed by atoms with van der Waals surface area (Å²) in [6.07, 6.45) is 0. The largest absolute Gasteiger partial charge is 0.320 e. The Bertz CT molecular complexity index is 710. The van der Waals surface area contributed by atoms with Gasteiger partial charge < -0.3 is 5.32 Å². The van der Waals surface area contributed by atoms with Gasteiger partial charge in [-0.05, 0) is 24.3 Å². The van der Waals surface area contributed by atoms with E-state index in [0.717, 1.165) is 11.3 Å². The Kier molecular flexibility index (Phi) is 3.01. The summed E-state index contributed by atoms with van der Waals surface area (Å²) in [6, 6.07) is 12.4. The smallest absolute Gasteiger partial charge is 0.275 e. The van der Waals surface area contributed by atoms with Gasteiger partial charge in [-0.2, -0.15) is 0 Å². The number of nitrogens with zero attached hydrogens (tertiary/aromatic N) is 1. The van der Waals surface area contributed by atoms with Gasteiger partial charge in [-0.25, -0.2) is 4.99 Å². The molecule has 3 nitrogen and oxygen atoms in total. The van der Waals surface area contributed by atoms with E-state index in [1.807, 2.05) is 24.3 Å². The van der Waals surface area contributed by atoms with Crippen molar-refractivity contribution in [1.82, 2.24) is 0 Å². The van der Waals surface area contributed by atoms with Crippen LogP contribution in [0.25, 0.3) is 0 Å². The number of aliphatic imine (C=N–C) groups is 1. The summed E-state index contributed by atoms with van der Waals surface area (Å²) in [7, 11) is 0. The Balaban J connectivity index is 2.08. The number of para-hydroxylation sites is 1. The lowest BCUT2D eigenvalue weighted by Crippen LogP contribution is -2.13. The van der Waals surface area contributed by atoms with Crippen molar-refractivity contribution in [2.75, 3.05) is 5.32 Å². The maximum absolute atomic E-state index is 11.9. The monoisotopic (exact) mass is 290 g/mol. The number of rotatable bonds is 1. The van der Waals surface area contributed by atoms with E-state index in [1.54, 1.807) is 18.2 Å². The van der Waals surface area contributed by atoms with Crippen molar-refractivity contribution in [3.63, 3.8) is 0 Å². The van der Waals surface area contributed by atoms with Crippen LogP contribution in [0.3, 0.4) is 0 Å². The van der Waals surface area contributed by atoms with Gasteiger partial charge in [-0.3, -0.25) is 4.79 Å². The second-order valence-electron chi connectivity index (χ2n) is 4.06. The van der Waals surface area contributed by atoms with Crippen molar-refractivity contribution in [2.45, 2.75) is 0 Å². The van der Waals surface area contributed by atoms with Crippen LogP contribution in [0.5, 0.6) is 0 Å². The first-order valence-electron chi connectivity index (χ1n) is 5.59. The Morgan fingerprint density at radius 1 is 1.00 bits per heavy atom. The maximum atomic E-state index is 11.9. The molecule has 3 rings (SSSR count). The molecule has 0 atom stereocenters. The minimum atomic E-state index is -0.215. The highest BCUT2D eigenvalue weighted by atomic mass is 35.5. The molecule has 1 aliphatic rings. The van der Waals surface area contributed by atoms with Gasteiger partial charge in [0.1, 0.15) is 5.71 Å². The first-order chi connectivity index (χ1) is 9.15. The average molecular weight is 291 g/mol. The Morgan fingerprint density at radius 3 is 2.58 bits per heavy atom. The topological polar surface area (TPSA) is 41.5 Å². The molecule has 0 radical (unpaired) electrons. The summed E-state index contributed by atoms with van der Waals surface area (Å²) >= 11 is 11.8. The molecule has 0 spiro atoms. The van der Waals surface area contributed by atoms with E-state index in [0.29, 0.717) is 21.4 Å². The Morgan fingerprint density at radius 2 is 1.79 bits per heavy atom. The third-order valence-electron chi connectivity index (χ3n) is 2.79. The summed E-state index contributed by atoms with van der Waals surface area (Å²) < 4.78 is 0. The fraction of sp³-hybridized carbons (Fsp3) is 0. The van der Waals surface area contributed by atoms with Crippen LogP contribution in [0.4, 0.5) is 11.4 Å². The summed E-state index contributed by atoms with van der Waals surface area (Å²) in [5.74, 6) is -0.215. The molecule has 1 heterocycles. The van der Waals surface area contributed by atoms with Crippen molar-refractivity contribution in [3.05, 3.63) is 58.1 Å². The molecular weight excluding hydrogens is 283 g/mol. The molecule has 0 unspecified atom stereocenters. The zero-order valence-electron chi connectivity index (χ0n) is 9.65. The number of hydrogen-bond donors (Lipinski definition) is 1. The number of carbonyl (C=O) groups is 1. The molecule has 2 aromatic carbocycles. The Labute approximate surface area is 119 Å². The van der Waals surface area contributed by atoms with Crippen molar-refractivity contribution >= 4 is 46.2 Å². The number of fused-ring (bicyclic) bond motifs is 1. The first-order valence-corrected chi connectivity index (χ1v) is 6.35. The number of hydrogen-bond acceptors (Lipinski definition) is 2. The predicted octanol–water partition coefficient (Wildman–Crippen LogP) is 4.07. The maximum Gasteiger partial charge on any atom is 0.275 e. The van der Waals surface area contributed by atoms with Crippen LogP contribution in [0.15, 0.2) is 47.5 Å². The number of amides is 1. The number of benzene rings is 2. The lowest BCUT2D eigenvalue weighted by atomic mass is 10.1. The third-order valence-corrected chi connectivity index (χ3v) is 3.53. The highest BCUT2D eigenvalue weighted by Gasteiger charge is 2.25. The average Bonchev–Trinajstić information content (AvgIpc) is 2.71. The van der Waals surface area contributed by atoms with Gasteiger partial charge in [0.2, 0.25) is 0 Å². The van der Waals surface area contributed by atoms with Crippen molar-refractivity contribution in [3.8, 4) is 0 Å². The minimum Gasteiger partial charge on any atom is -0.320 e. The predicted molar refractivity (Wildman–Crippen MR) is 77.7 cm³/mol. The molecule has 0 bridgehead atoms. The molecule has 0 aliphatic carbocycles. The summed E-state index contributed by atoms with van der Waals surface area (Å²) in [5, 5.41) is 3.64. The fourth-order valence-electron chi connectivity index (χ4n) is 1.90. The number of anilines is 1. The molecular formula is C14H8Cl2N2O. The van der Waals surface area contributed by atoms with Gasteiger partial charge in [0.15, 0.2) is 0 Å². The van der Waals surface area contributed by atoms with E-state index in [2.05, 4.69) is 10.3 Å². The lowest BCUT2D eigenvalue weighted by molar-refractivity contribution is -0.110. The van der Waals surface area contributed by atoms with E-state index < -0.39 is 0 Å². The molecule has 0 saturated carbocycles. The molecule has 1 aliphatic heterocycles. The van der Waals surface area contributed by atoms with Gasteiger partial charge in [0, 0.05) is 5.56 Å². The van der Waals surface area contributed by atoms with Crippen LogP contribution in [-0.2, 0) is 4.79 Å². The molecule has 1 amide bonds. The third kappa shape index (κ3) is 2.23. The van der Waals surface area contributed by atoms with Crippen LogP contribution in [0.2, 0.25) is 10.0 Å². The van der Waals surface area contributed by atoms with Crippen molar-refractivity contribution in [2.24, 2.45) is 4.99 Å². The zero-order valence-corrected chi connectivity index (χ0v) is 11.2. The summed E-state index contributed by atoms with van der Waals surface area (Å²) in [4.78, 5) is 16.2. The van der Waals surface area contributed by atoms with Gasteiger partial charge in [-0.15, -0.1) is 0 Å². The molecule has 1 N–H and O–H groups in total. The van der Waals surface area contributed by atoms with Gasteiger partial charge in [-0.1, -0.05) is 41.4 Å². The fourth-order valence-corrected chi connectivity index (χ4v) is 2.19. The van der Waals surface area contributed by atoms with E-state index in [-0.39, 0.29) is 5.91 Å². The quantitative estimate of drug-likeness (QED) is 0.845. The normalized spacial score (nSPS) is 15.5. The van der Waals surface area contributed by atoms with Crippen LogP contribution < -0.4 is 5.32 Å². The zero-order chi connectivity index (χ0) is 13.4. The molecule has 19 heavy (non-hydrogen) atoms. The van der Waals surface area contributed by atoms with E-state index in [1.165, 1.54) is 0 Å². The SMILES string of the molecule is O=C1Nc2ccccc2/C1=N/c1ccc(Cl)c(Cl)c1. The molecule has 0 saturated heterocycles. The summed E-state index contributed by atoms with van der Waals surface area (Å²) in [6.45, 7) is 0. The second-order valence-corrected chi connectivity index (χ2v) is 4.87. The minimum absolute atomic E-state index is 0.215. The number of nitrogens with one attached hydrogen (secondary N) is 1. The van der Waals surface area contributed by atoms with Crippen molar-refractivity contribution < 1.29 is 4.79 Å².